The van der Waals surface area contributed by atoms with Crippen molar-refractivity contribution in [1.82, 2.24) is 20.9 Å². The molecule has 2 aromatic rings. The lowest BCUT2D eigenvalue weighted by atomic mass is 10.1. The Morgan fingerprint density at radius 1 is 1.11 bits per heavy atom. The molecule has 1 amide bonds. The zero-order valence-corrected chi connectivity index (χ0v) is 16.2. The molecule has 0 aliphatic heterocycles. The molecule has 10 heteroatoms. The Labute approximate surface area is 165 Å². The van der Waals surface area contributed by atoms with Gasteiger partial charge in [-0.1, -0.05) is 30.3 Å². The quantitative estimate of drug-likeness (QED) is 0.458. The normalized spacial score (nSPS) is 11.9. The van der Waals surface area contributed by atoms with Gasteiger partial charge in [0.2, 0.25) is 5.91 Å². The van der Waals surface area contributed by atoms with Crippen molar-refractivity contribution in [3.63, 3.8) is 0 Å². The summed E-state index contributed by atoms with van der Waals surface area (Å²) in [4.78, 5) is 19.4. The van der Waals surface area contributed by atoms with Crippen LogP contribution in [-0.2, 0) is 23.8 Å². The van der Waals surface area contributed by atoms with Crippen molar-refractivity contribution in [2.45, 2.75) is 19.0 Å². The lowest BCUT2D eigenvalue weighted by Gasteiger charge is -2.11. The number of carbonyl (C=O) groups excluding carboxylic acids is 1. The van der Waals surface area contributed by atoms with E-state index >= 15 is 0 Å². The number of nitrogens with zero attached hydrogens (tertiary/aromatic N) is 2. The highest BCUT2D eigenvalue weighted by molar-refractivity contribution is 7.09. The number of hydrogen-bond acceptors (Lipinski definition) is 4. The van der Waals surface area contributed by atoms with E-state index < -0.39 is 11.9 Å². The van der Waals surface area contributed by atoms with E-state index in [2.05, 4.69) is 25.9 Å². The first-order valence-electron chi connectivity index (χ1n) is 8.65. The molecule has 1 aromatic carbocycles. The molecule has 0 aliphatic carbocycles. The number of aromatic nitrogens is 1. The van der Waals surface area contributed by atoms with Gasteiger partial charge in [0.1, 0.15) is 0 Å². The summed E-state index contributed by atoms with van der Waals surface area (Å²) >= 11 is 0.966. The summed E-state index contributed by atoms with van der Waals surface area (Å²) < 4.78 is 37.6. The van der Waals surface area contributed by atoms with Crippen LogP contribution in [0.4, 0.5) is 13.2 Å². The monoisotopic (exact) mass is 413 g/mol. The Morgan fingerprint density at radius 2 is 1.82 bits per heavy atom. The fraction of sp³-hybridized carbons (Fsp3) is 0.389. The summed E-state index contributed by atoms with van der Waals surface area (Å²) in [6.07, 6.45) is -3.36. The largest absolute Gasteiger partial charge is 0.434 e. The number of hydrogen-bond donors (Lipinski definition) is 3. The molecule has 0 saturated carbocycles. The molecular weight excluding hydrogens is 391 g/mol. The van der Waals surface area contributed by atoms with Crippen LogP contribution in [0.2, 0.25) is 0 Å². The lowest BCUT2D eigenvalue weighted by molar-refractivity contribution is -0.140. The Bertz CT molecular complexity index is 777. The maximum absolute atomic E-state index is 12.5. The fourth-order valence-corrected chi connectivity index (χ4v) is 3.09. The molecule has 0 spiro atoms. The number of rotatable bonds is 8. The second kappa shape index (κ2) is 10.6. The van der Waals surface area contributed by atoms with E-state index in [1.54, 1.807) is 7.05 Å². The van der Waals surface area contributed by atoms with Crippen molar-refractivity contribution in [3.05, 3.63) is 52.0 Å². The topological polar surface area (TPSA) is 78.4 Å². The number of carbonyl (C=O) groups is 1. The highest BCUT2D eigenvalue weighted by Gasteiger charge is 2.33. The van der Waals surface area contributed by atoms with Crippen molar-refractivity contribution in [2.24, 2.45) is 4.99 Å². The molecule has 0 unspecified atom stereocenters. The molecule has 1 heterocycles. The lowest BCUT2D eigenvalue weighted by Crippen LogP contribution is -2.44. The minimum atomic E-state index is -4.42. The fourth-order valence-electron chi connectivity index (χ4n) is 2.28. The summed E-state index contributed by atoms with van der Waals surface area (Å²) in [7, 11) is 1.55. The molecule has 0 saturated heterocycles. The van der Waals surface area contributed by atoms with E-state index in [0.29, 0.717) is 30.5 Å². The molecule has 1 aromatic heterocycles. The Kier molecular flexibility index (Phi) is 8.24. The zero-order valence-electron chi connectivity index (χ0n) is 15.3. The van der Waals surface area contributed by atoms with Gasteiger partial charge >= 0.3 is 6.18 Å². The molecule has 0 bridgehead atoms. The van der Waals surface area contributed by atoms with Gasteiger partial charge in [-0.2, -0.15) is 13.2 Å². The average Bonchev–Trinajstić information content (AvgIpc) is 3.15. The molecular formula is C18H22F3N5OS. The third-order valence-electron chi connectivity index (χ3n) is 3.69. The number of aliphatic imine (C=N–C) groups is 1. The molecule has 0 aliphatic rings. The minimum absolute atomic E-state index is 0.0456. The third kappa shape index (κ3) is 7.55. The molecule has 0 radical (unpaired) electrons. The van der Waals surface area contributed by atoms with E-state index in [1.165, 1.54) is 0 Å². The van der Waals surface area contributed by atoms with E-state index in [-0.39, 0.29) is 12.5 Å². The number of thiazole rings is 1. The van der Waals surface area contributed by atoms with Gasteiger partial charge in [-0.3, -0.25) is 9.79 Å². The summed E-state index contributed by atoms with van der Waals surface area (Å²) in [6, 6.07) is 9.83. The number of alkyl halides is 3. The van der Waals surface area contributed by atoms with Gasteiger partial charge in [0, 0.05) is 31.9 Å². The number of halogens is 3. The van der Waals surface area contributed by atoms with E-state index in [1.807, 2.05) is 30.3 Å². The molecule has 152 valence electrons. The Morgan fingerprint density at radius 3 is 2.46 bits per heavy atom. The number of nitrogens with one attached hydrogen (secondary N) is 3. The number of amides is 1. The first-order chi connectivity index (χ1) is 13.4. The first kappa shape index (κ1) is 21.7. The predicted molar refractivity (Wildman–Crippen MR) is 103 cm³/mol. The first-order valence-corrected chi connectivity index (χ1v) is 9.53. The van der Waals surface area contributed by atoms with Crippen LogP contribution < -0.4 is 16.0 Å². The van der Waals surface area contributed by atoms with E-state index in [4.69, 9.17) is 0 Å². The highest BCUT2D eigenvalue weighted by atomic mass is 32.1. The van der Waals surface area contributed by atoms with Crippen LogP contribution >= 0.6 is 11.3 Å². The van der Waals surface area contributed by atoms with Gasteiger partial charge in [0.15, 0.2) is 11.7 Å². The molecule has 0 atom stereocenters. The second-order valence-corrected chi connectivity index (χ2v) is 6.75. The van der Waals surface area contributed by atoms with Gasteiger partial charge in [-0.25, -0.2) is 4.98 Å². The summed E-state index contributed by atoms with van der Waals surface area (Å²) in [5.74, 6) is 0.222. The van der Waals surface area contributed by atoms with E-state index in [0.717, 1.165) is 28.7 Å². The molecule has 2 rings (SSSR count). The second-order valence-electron chi connectivity index (χ2n) is 5.81. The Hall–Kier alpha value is -2.62. The molecule has 28 heavy (non-hydrogen) atoms. The van der Waals surface area contributed by atoms with Crippen molar-refractivity contribution >= 4 is 23.2 Å². The standard InChI is InChI=1S/C18H22F3N5OS/c1-22-17(24-10-8-16-26-14(12-28-16)18(19,20)21)25-11-15(27)23-9-7-13-5-3-2-4-6-13/h2-6,12H,7-11H2,1H3,(H,23,27)(H2,22,24,25). The van der Waals surface area contributed by atoms with Crippen molar-refractivity contribution in [3.8, 4) is 0 Å². The summed E-state index contributed by atoms with van der Waals surface area (Å²) in [5, 5.41) is 10.0. The van der Waals surface area contributed by atoms with Gasteiger partial charge in [0.25, 0.3) is 0 Å². The summed E-state index contributed by atoms with van der Waals surface area (Å²) in [6.45, 7) is 0.923. The van der Waals surface area contributed by atoms with Crippen LogP contribution in [0, 0.1) is 0 Å². The predicted octanol–water partition coefficient (Wildman–Crippen LogP) is 2.23. The molecule has 3 N–H and O–H groups in total. The maximum Gasteiger partial charge on any atom is 0.434 e. The van der Waals surface area contributed by atoms with Gasteiger partial charge < -0.3 is 16.0 Å². The SMILES string of the molecule is CN=C(NCCc1nc(C(F)(F)F)cs1)NCC(=O)NCCc1ccccc1. The van der Waals surface area contributed by atoms with Crippen LogP contribution in [-0.4, -0.2) is 43.5 Å². The molecule has 0 fully saturated rings. The number of benzene rings is 1. The third-order valence-corrected chi connectivity index (χ3v) is 4.60. The smallest absolute Gasteiger partial charge is 0.356 e. The Balaban J connectivity index is 1.64. The van der Waals surface area contributed by atoms with Gasteiger partial charge in [-0.05, 0) is 12.0 Å². The van der Waals surface area contributed by atoms with Crippen LogP contribution in [0.3, 0.4) is 0 Å². The van der Waals surface area contributed by atoms with Crippen LogP contribution in [0.5, 0.6) is 0 Å². The van der Waals surface area contributed by atoms with Crippen molar-refractivity contribution < 1.29 is 18.0 Å². The maximum atomic E-state index is 12.5. The van der Waals surface area contributed by atoms with Gasteiger partial charge in [0.05, 0.1) is 11.6 Å². The van der Waals surface area contributed by atoms with Crippen molar-refractivity contribution in [1.29, 1.82) is 0 Å². The minimum Gasteiger partial charge on any atom is -0.356 e. The van der Waals surface area contributed by atoms with E-state index in [9.17, 15) is 18.0 Å². The van der Waals surface area contributed by atoms with Crippen LogP contribution in [0.1, 0.15) is 16.3 Å². The average molecular weight is 413 g/mol. The van der Waals surface area contributed by atoms with Crippen LogP contribution in [0.15, 0.2) is 40.7 Å². The summed E-state index contributed by atoms with van der Waals surface area (Å²) in [5.41, 5.74) is 0.270. The highest BCUT2D eigenvalue weighted by Crippen LogP contribution is 2.29. The zero-order chi connectivity index (χ0) is 20.4. The number of guanidine groups is 1. The van der Waals surface area contributed by atoms with Gasteiger partial charge in [-0.15, -0.1) is 11.3 Å². The van der Waals surface area contributed by atoms with Crippen molar-refractivity contribution in [2.75, 3.05) is 26.7 Å². The molecule has 6 nitrogen and oxygen atoms in total. The van der Waals surface area contributed by atoms with Crippen LogP contribution in [0.25, 0.3) is 0 Å².